The van der Waals surface area contributed by atoms with E-state index < -0.39 is 0 Å². The molecule has 27 heavy (non-hydrogen) atoms. The third-order valence-electron chi connectivity index (χ3n) is 4.53. The van der Waals surface area contributed by atoms with Crippen LogP contribution in [0.15, 0.2) is 28.8 Å². The van der Waals surface area contributed by atoms with Gasteiger partial charge in [0.25, 0.3) is 5.91 Å². The van der Waals surface area contributed by atoms with E-state index in [0.29, 0.717) is 30.2 Å². The van der Waals surface area contributed by atoms with Gasteiger partial charge in [-0.05, 0) is 25.1 Å². The lowest BCUT2D eigenvalue weighted by molar-refractivity contribution is -0.121. The van der Waals surface area contributed by atoms with Crippen LogP contribution in [0.5, 0.6) is 5.75 Å². The average Bonchev–Trinajstić information content (AvgIpc) is 3.07. The normalized spacial score (nSPS) is 15.7. The van der Waals surface area contributed by atoms with Crippen LogP contribution in [-0.4, -0.2) is 55.7 Å². The molecule has 0 aliphatic carbocycles. The van der Waals surface area contributed by atoms with Crippen molar-refractivity contribution < 1.29 is 18.8 Å². The summed E-state index contributed by atoms with van der Waals surface area (Å²) >= 11 is 0. The second-order valence-electron chi connectivity index (χ2n) is 6.87. The molecule has 0 radical (unpaired) electrons. The number of likely N-dealkylation sites (N-methyl/N-ethyl adjacent to an activating group) is 1. The molecule has 0 fully saturated rings. The van der Waals surface area contributed by atoms with Gasteiger partial charge in [0, 0.05) is 32.8 Å². The van der Waals surface area contributed by atoms with E-state index in [9.17, 15) is 9.59 Å². The van der Waals surface area contributed by atoms with Gasteiger partial charge in [-0.1, -0.05) is 5.16 Å². The Morgan fingerprint density at radius 1 is 1.33 bits per heavy atom. The van der Waals surface area contributed by atoms with Gasteiger partial charge in [0.2, 0.25) is 5.91 Å². The number of anilines is 1. The molecule has 0 bridgehead atoms. The molecule has 0 unspecified atom stereocenters. The Balaban J connectivity index is 1.64. The number of amides is 2. The number of hydrogen-bond donors (Lipinski definition) is 1. The van der Waals surface area contributed by atoms with Crippen molar-refractivity contribution in [2.24, 2.45) is 0 Å². The molecule has 144 valence electrons. The van der Waals surface area contributed by atoms with Crippen molar-refractivity contribution in [2.75, 3.05) is 32.6 Å². The Kier molecular flexibility index (Phi) is 5.34. The van der Waals surface area contributed by atoms with E-state index in [0.717, 1.165) is 11.4 Å². The summed E-state index contributed by atoms with van der Waals surface area (Å²) in [5, 5.41) is 6.63. The second-order valence-corrected chi connectivity index (χ2v) is 6.87. The molecule has 1 aliphatic heterocycles. The molecule has 1 atom stereocenters. The van der Waals surface area contributed by atoms with E-state index in [4.69, 9.17) is 9.26 Å². The zero-order chi connectivity index (χ0) is 19.6. The van der Waals surface area contributed by atoms with Gasteiger partial charge in [-0.2, -0.15) is 0 Å². The van der Waals surface area contributed by atoms with Crippen molar-refractivity contribution in [3.05, 3.63) is 41.3 Å². The van der Waals surface area contributed by atoms with Crippen LogP contribution in [-0.2, 0) is 11.3 Å². The maximum absolute atomic E-state index is 12.3. The van der Waals surface area contributed by atoms with E-state index in [2.05, 4.69) is 10.5 Å². The lowest BCUT2D eigenvalue weighted by Gasteiger charge is -2.35. The molecule has 3 rings (SSSR count). The van der Waals surface area contributed by atoms with E-state index in [1.54, 1.807) is 38.4 Å². The van der Waals surface area contributed by atoms with Crippen LogP contribution >= 0.6 is 0 Å². The van der Waals surface area contributed by atoms with Gasteiger partial charge in [0.05, 0.1) is 30.4 Å². The van der Waals surface area contributed by atoms with Gasteiger partial charge < -0.3 is 24.4 Å². The van der Waals surface area contributed by atoms with Gasteiger partial charge in [-0.25, -0.2) is 0 Å². The van der Waals surface area contributed by atoms with Crippen LogP contribution in [0.25, 0.3) is 0 Å². The van der Waals surface area contributed by atoms with Crippen LogP contribution in [0.2, 0.25) is 0 Å². The first-order chi connectivity index (χ1) is 12.8. The highest BCUT2D eigenvalue weighted by molar-refractivity contribution is 5.95. The van der Waals surface area contributed by atoms with Crippen LogP contribution in [0.3, 0.4) is 0 Å². The molecule has 0 spiro atoms. The summed E-state index contributed by atoms with van der Waals surface area (Å²) in [7, 11) is 5.33. The summed E-state index contributed by atoms with van der Waals surface area (Å²) < 4.78 is 10.9. The SMILES string of the molecule is Cc1cc(CNC(=O)C[C@@H]2COc3ccc(C(=O)N(C)C)cc3N2C)on1. The number of ether oxygens (including phenoxy) is 1. The largest absolute Gasteiger partial charge is 0.489 e. The number of nitrogens with zero attached hydrogens (tertiary/aromatic N) is 3. The maximum atomic E-state index is 12.3. The predicted octanol–water partition coefficient (Wildman–Crippen LogP) is 1.59. The number of hydrogen-bond acceptors (Lipinski definition) is 6. The topological polar surface area (TPSA) is 87.9 Å². The number of carbonyl (C=O) groups excluding carboxylic acids is 2. The first kappa shape index (κ1) is 18.8. The molecule has 2 heterocycles. The molecule has 8 nitrogen and oxygen atoms in total. The lowest BCUT2D eigenvalue weighted by Crippen LogP contribution is -2.43. The van der Waals surface area contributed by atoms with Crippen molar-refractivity contribution in [3.63, 3.8) is 0 Å². The Labute approximate surface area is 158 Å². The molecule has 0 saturated carbocycles. The fraction of sp³-hybridized carbons (Fsp3) is 0.421. The standard InChI is InChI=1S/C19H24N4O4/c1-12-7-15(27-21-12)10-20-18(24)9-14-11-26-17-6-5-13(19(25)22(2)3)8-16(17)23(14)4/h5-8,14H,9-11H2,1-4H3,(H,20,24)/t14-/m1/s1. The van der Waals surface area contributed by atoms with Gasteiger partial charge >= 0.3 is 0 Å². The number of fused-ring (bicyclic) bond motifs is 1. The monoisotopic (exact) mass is 372 g/mol. The fourth-order valence-corrected chi connectivity index (χ4v) is 2.97. The van der Waals surface area contributed by atoms with Crippen molar-refractivity contribution in [1.82, 2.24) is 15.4 Å². The zero-order valence-corrected chi connectivity index (χ0v) is 16.0. The average molecular weight is 372 g/mol. The molecular weight excluding hydrogens is 348 g/mol. The number of benzene rings is 1. The quantitative estimate of drug-likeness (QED) is 0.858. The molecule has 2 aromatic rings. The molecular formula is C19H24N4O4. The number of aryl methyl sites for hydroxylation is 1. The molecule has 1 N–H and O–H groups in total. The Morgan fingerprint density at radius 3 is 2.78 bits per heavy atom. The molecule has 1 aliphatic rings. The summed E-state index contributed by atoms with van der Waals surface area (Å²) in [6, 6.07) is 7.01. The smallest absolute Gasteiger partial charge is 0.253 e. The predicted molar refractivity (Wildman–Crippen MR) is 99.8 cm³/mol. The van der Waals surface area contributed by atoms with Crippen molar-refractivity contribution in [3.8, 4) is 5.75 Å². The van der Waals surface area contributed by atoms with Gasteiger partial charge in [0.1, 0.15) is 12.4 Å². The summed E-state index contributed by atoms with van der Waals surface area (Å²) in [5.74, 6) is 1.15. The summed E-state index contributed by atoms with van der Waals surface area (Å²) in [4.78, 5) is 28.0. The fourth-order valence-electron chi connectivity index (χ4n) is 2.97. The van der Waals surface area contributed by atoms with Crippen molar-refractivity contribution in [2.45, 2.75) is 25.9 Å². The Hall–Kier alpha value is -3.03. The van der Waals surface area contributed by atoms with Crippen LogP contribution in [0, 0.1) is 6.92 Å². The van der Waals surface area contributed by atoms with Crippen LogP contribution < -0.4 is 15.0 Å². The maximum Gasteiger partial charge on any atom is 0.253 e. The molecule has 8 heteroatoms. The highest BCUT2D eigenvalue weighted by atomic mass is 16.5. The van der Waals surface area contributed by atoms with E-state index in [1.165, 1.54) is 4.90 Å². The third-order valence-corrected chi connectivity index (χ3v) is 4.53. The highest BCUT2D eigenvalue weighted by Crippen LogP contribution is 2.34. The van der Waals surface area contributed by atoms with E-state index in [1.807, 2.05) is 18.9 Å². The third kappa shape index (κ3) is 4.21. The Bertz CT molecular complexity index is 846. The first-order valence-corrected chi connectivity index (χ1v) is 8.75. The van der Waals surface area contributed by atoms with Gasteiger partial charge in [0.15, 0.2) is 5.76 Å². The van der Waals surface area contributed by atoms with Crippen molar-refractivity contribution >= 4 is 17.5 Å². The molecule has 1 aromatic heterocycles. The minimum absolute atomic E-state index is 0.0755. The highest BCUT2D eigenvalue weighted by Gasteiger charge is 2.27. The van der Waals surface area contributed by atoms with Crippen LogP contribution in [0.4, 0.5) is 5.69 Å². The lowest BCUT2D eigenvalue weighted by atomic mass is 10.1. The van der Waals surface area contributed by atoms with Crippen molar-refractivity contribution in [1.29, 1.82) is 0 Å². The first-order valence-electron chi connectivity index (χ1n) is 8.75. The van der Waals surface area contributed by atoms with Gasteiger partial charge in [-0.15, -0.1) is 0 Å². The number of nitrogens with one attached hydrogen (secondary N) is 1. The number of carbonyl (C=O) groups is 2. The molecule has 1 aromatic carbocycles. The molecule has 0 saturated heterocycles. The minimum atomic E-state index is -0.126. The van der Waals surface area contributed by atoms with Gasteiger partial charge in [-0.3, -0.25) is 9.59 Å². The summed E-state index contributed by atoms with van der Waals surface area (Å²) in [6.45, 7) is 2.53. The number of rotatable bonds is 5. The van der Waals surface area contributed by atoms with E-state index in [-0.39, 0.29) is 24.3 Å². The molecule has 2 amide bonds. The van der Waals surface area contributed by atoms with E-state index >= 15 is 0 Å². The number of aromatic nitrogens is 1. The minimum Gasteiger partial charge on any atom is -0.489 e. The van der Waals surface area contributed by atoms with Crippen LogP contribution in [0.1, 0.15) is 28.2 Å². The summed E-state index contributed by atoms with van der Waals surface area (Å²) in [6.07, 6.45) is 0.273. The second kappa shape index (κ2) is 7.69. The summed E-state index contributed by atoms with van der Waals surface area (Å²) in [5.41, 5.74) is 2.16. The zero-order valence-electron chi connectivity index (χ0n) is 16.0. The Morgan fingerprint density at radius 2 is 2.11 bits per heavy atom.